The number of hydrogen-bond donors (Lipinski definition) is 1. The van der Waals surface area contributed by atoms with Gasteiger partial charge in [-0.3, -0.25) is 0 Å². The number of ether oxygens (including phenoxy) is 1. The van der Waals surface area contributed by atoms with Gasteiger partial charge in [-0.05, 0) is 43.9 Å². The van der Waals surface area contributed by atoms with Crippen LogP contribution in [0.2, 0.25) is 5.02 Å². The lowest BCUT2D eigenvalue weighted by Gasteiger charge is -2.07. The molecule has 0 bridgehead atoms. The first-order valence-electron chi connectivity index (χ1n) is 7.76. The van der Waals surface area contributed by atoms with Crippen molar-refractivity contribution in [3.63, 3.8) is 0 Å². The maximum absolute atomic E-state index is 6.15. The summed E-state index contributed by atoms with van der Waals surface area (Å²) in [6.45, 7) is 6.66. The Balaban J connectivity index is 2.24. The van der Waals surface area contributed by atoms with Gasteiger partial charge in [-0.15, -0.1) is 0 Å². The lowest BCUT2D eigenvalue weighted by Crippen LogP contribution is -2.21. The van der Waals surface area contributed by atoms with Gasteiger partial charge in [0.2, 0.25) is 0 Å². The summed E-state index contributed by atoms with van der Waals surface area (Å²) in [4.78, 5) is 0. The molecule has 1 aromatic carbocycles. The molecule has 4 heteroatoms. The minimum atomic E-state index is 0.211. The second kappa shape index (κ2) is 7.83. The van der Waals surface area contributed by atoms with E-state index in [-0.39, 0.29) is 6.04 Å². The predicted molar refractivity (Wildman–Crippen MR) is 90.0 cm³/mol. The Labute approximate surface area is 132 Å². The van der Waals surface area contributed by atoms with Gasteiger partial charge in [0.05, 0.1) is 0 Å². The number of nitrogens with two attached hydrogens (primary N) is 1. The summed E-state index contributed by atoms with van der Waals surface area (Å²) in [5.41, 5.74) is 8.62. The maximum atomic E-state index is 6.15. The molecule has 0 radical (unpaired) electrons. The van der Waals surface area contributed by atoms with Gasteiger partial charge < -0.3 is 15.0 Å². The highest BCUT2D eigenvalue weighted by molar-refractivity contribution is 6.31. The normalized spacial score (nSPS) is 13.0. The molecule has 0 aliphatic carbocycles. The zero-order valence-corrected chi connectivity index (χ0v) is 13.7. The van der Waals surface area contributed by atoms with Crippen molar-refractivity contribution in [1.82, 2.24) is 4.57 Å². The molecular weight excluding hydrogens is 284 g/mol. The van der Waals surface area contributed by atoms with Crippen LogP contribution in [0.15, 0.2) is 24.4 Å². The minimum absolute atomic E-state index is 0.211. The van der Waals surface area contributed by atoms with E-state index in [4.69, 9.17) is 22.1 Å². The van der Waals surface area contributed by atoms with E-state index in [1.807, 2.05) is 19.1 Å². The predicted octanol–water partition coefficient (Wildman–Crippen LogP) is 4.00. The van der Waals surface area contributed by atoms with Crippen LogP contribution in [0, 0.1) is 0 Å². The molecule has 21 heavy (non-hydrogen) atoms. The van der Waals surface area contributed by atoms with E-state index in [1.165, 1.54) is 16.5 Å². The SMILES string of the molecule is CCOCCCn1cc(CC(N)CC)c2ccc(Cl)cc21. The lowest BCUT2D eigenvalue weighted by molar-refractivity contribution is 0.142. The summed E-state index contributed by atoms with van der Waals surface area (Å²) < 4.78 is 7.70. The van der Waals surface area contributed by atoms with Crippen LogP contribution in [-0.2, 0) is 17.7 Å². The molecule has 116 valence electrons. The van der Waals surface area contributed by atoms with E-state index in [0.29, 0.717) is 0 Å². The maximum Gasteiger partial charge on any atom is 0.0498 e. The lowest BCUT2D eigenvalue weighted by atomic mass is 10.0. The van der Waals surface area contributed by atoms with Crippen molar-refractivity contribution in [1.29, 1.82) is 0 Å². The smallest absolute Gasteiger partial charge is 0.0498 e. The zero-order chi connectivity index (χ0) is 15.2. The van der Waals surface area contributed by atoms with Crippen LogP contribution in [0.4, 0.5) is 0 Å². The molecular formula is C17H25ClN2O. The third kappa shape index (κ3) is 4.22. The van der Waals surface area contributed by atoms with Crippen LogP contribution in [0.5, 0.6) is 0 Å². The van der Waals surface area contributed by atoms with Gasteiger partial charge in [-0.2, -0.15) is 0 Å². The molecule has 0 aliphatic heterocycles. The fourth-order valence-electron chi connectivity index (χ4n) is 2.60. The quantitative estimate of drug-likeness (QED) is 0.749. The van der Waals surface area contributed by atoms with E-state index in [0.717, 1.165) is 44.0 Å². The first-order valence-corrected chi connectivity index (χ1v) is 8.14. The molecule has 0 saturated heterocycles. The molecule has 1 unspecified atom stereocenters. The Hall–Kier alpha value is -1.03. The first kappa shape index (κ1) is 16.3. The van der Waals surface area contributed by atoms with Gasteiger partial charge >= 0.3 is 0 Å². The number of halogens is 1. The summed E-state index contributed by atoms with van der Waals surface area (Å²) in [5, 5.41) is 2.04. The molecule has 0 aliphatic rings. The van der Waals surface area contributed by atoms with Gasteiger partial charge in [-0.25, -0.2) is 0 Å². The third-order valence-corrected chi connectivity index (χ3v) is 4.06. The molecule has 0 fully saturated rings. The average Bonchev–Trinajstić information content (AvgIpc) is 2.80. The second-order valence-corrected chi connectivity index (χ2v) is 5.87. The number of hydrogen-bond acceptors (Lipinski definition) is 2. The molecule has 1 atom stereocenters. The molecule has 2 rings (SSSR count). The van der Waals surface area contributed by atoms with Crippen molar-refractivity contribution in [3.8, 4) is 0 Å². The van der Waals surface area contributed by atoms with Crippen molar-refractivity contribution in [2.75, 3.05) is 13.2 Å². The van der Waals surface area contributed by atoms with Crippen molar-refractivity contribution >= 4 is 22.5 Å². The summed E-state index contributed by atoms with van der Waals surface area (Å²) in [6.07, 6.45) is 5.13. The second-order valence-electron chi connectivity index (χ2n) is 5.43. The standard InChI is InChI=1S/C17H25ClN2O/c1-3-15(19)10-13-12-20(8-5-9-21-4-2)17-11-14(18)6-7-16(13)17/h6-7,11-12,15H,3-5,8-10,19H2,1-2H3. The van der Waals surface area contributed by atoms with Crippen LogP contribution in [-0.4, -0.2) is 23.8 Å². The Bertz CT molecular complexity index is 579. The van der Waals surface area contributed by atoms with E-state index >= 15 is 0 Å². The van der Waals surface area contributed by atoms with Crippen molar-refractivity contribution < 1.29 is 4.74 Å². The highest BCUT2D eigenvalue weighted by Gasteiger charge is 2.11. The molecule has 1 heterocycles. The van der Waals surface area contributed by atoms with Crippen LogP contribution in [0.1, 0.15) is 32.3 Å². The molecule has 3 nitrogen and oxygen atoms in total. The van der Waals surface area contributed by atoms with E-state index in [9.17, 15) is 0 Å². The van der Waals surface area contributed by atoms with Crippen LogP contribution < -0.4 is 5.73 Å². The third-order valence-electron chi connectivity index (χ3n) is 3.83. The Morgan fingerprint density at radius 1 is 1.33 bits per heavy atom. The van der Waals surface area contributed by atoms with Crippen LogP contribution >= 0.6 is 11.6 Å². The molecule has 0 saturated carbocycles. The molecule has 0 spiro atoms. The Morgan fingerprint density at radius 3 is 2.86 bits per heavy atom. The average molecular weight is 309 g/mol. The van der Waals surface area contributed by atoms with Crippen LogP contribution in [0.3, 0.4) is 0 Å². The molecule has 2 aromatic rings. The number of aryl methyl sites for hydroxylation is 1. The van der Waals surface area contributed by atoms with Crippen molar-refractivity contribution in [2.24, 2.45) is 5.73 Å². The van der Waals surface area contributed by atoms with E-state index in [1.54, 1.807) is 0 Å². The molecule has 1 aromatic heterocycles. The highest BCUT2D eigenvalue weighted by atomic mass is 35.5. The highest BCUT2D eigenvalue weighted by Crippen LogP contribution is 2.26. The Morgan fingerprint density at radius 2 is 2.14 bits per heavy atom. The van der Waals surface area contributed by atoms with Gasteiger partial charge in [0.1, 0.15) is 0 Å². The monoisotopic (exact) mass is 308 g/mol. The van der Waals surface area contributed by atoms with Crippen LogP contribution in [0.25, 0.3) is 10.9 Å². The van der Waals surface area contributed by atoms with Gasteiger partial charge in [0, 0.05) is 47.9 Å². The van der Waals surface area contributed by atoms with Crippen molar-refractivity contribution in [2.45, 2.75) is 45.7 Å². The molecule has 2 N–H and O–H groups in total. The Kier molecular flexibility index (Phi) is 6.09. The minimum Gasteiger partial charge on any atom is -0.382 e. The largest absolute Gasteiger partial charge is 0.382 e. The number of aromatic nitrogens is 1. The van der Waals surface area contributed by atoms with Crippen molar-refractivity contribution in [3.05, 3.63) is 35.0 Å². The number of nitrogens with zero attached hydrogens (tertiary/aromatic N) is 1. The zero-order valence-electron chi connectivity index (χ0n) is 12.9. The van der Waals surface area contributed by atoms with Gasteiger partial charge in [0.25, 0.3) is 0 Å². The summed E-state index contributed by atoms with van der Waals surface area (Å²) in [6, 6.07) is 6.31. The fourth-order valence-corrected chi connectivity index (χ4v) is 2.76. The summed E-state index contributed by atoms with van der Waals surface area (Å²) in [7, 11) is 0. The first-order chi connectivity index (χ1) is 10.2. The van der Waals surface area contributed by atoms with Gasteiger partial charge in [-0.1, -0.05) is 24.6 Å². The summed E-state index contributed by atoms with van der Waals surface area (Å²) in [5.74, 6) is 0. The van der Waals surface area contributed by atoms with E-state index in [2.05, 4.69) is 23.8 Å². The van der Waals surface area contributed by atoms with E-state index < -0.39 is 0 Å². The fraction of sp³-hybridized carbons (Fsp3) is 0.529. The topological polar surface area (TPSA) is 40.2 Å². The number of benzene rings is 1. The number of fused-ring (bicyclic) bond motifs is 1. The summed E-state index contributed by atoms with van der Waals surface area (Å²) >= 11 is 6.15. The van der Waals surface area contributed by atoms with Gasteiger partial charge in [0.15, 0.2) is 0 Å². The number of rotatable bonds is 8. The molecule has 0 amide bonds.